The lowest BCUT2D eigenvalue weighted by Gasteiger charge is -2.20. The average Bonchev–Trinajstić information content (AvgIpc) is 2.06. The molecule has 1 unspecified atom stereocenters. The first kappa shape index (κ1) is 10.5. The highest BCUT2D eigenvalue weighted by atomic mass is 31.2. The summed E-state index contributed by atoms with van der Waals surface area (Å²) in [6, 6.07) is 5.36. The van der Waals surface area contributed by atoms with E-state index < -0.39 is 7.67 Å². The van der Waals surface area contributed by atoms with Gasteiger partial charge in [0, 0.05) is 0 Å². The normalized spacial score (nSPS) is 14.1. The summed E-state index contributed by atoms with van der Waals surface area (Å²) in [6.07, 6.45) is 0. The maximum Gasteiger partial charge on any atom is 0.165 e. The van der Waals surface area contributed by atoms with Crippen LogP contribution in [0.2, 0.25) is 0 Å². The van der Waals surface area contributed by atoms with E-state index in [2.05, 4.69) is 0 Å². The van der Waals surface area contributed by atoms with Crippen molar-refractivity contribution in [1.82, 2.24) is 0 Å². The van der Waals surface area contributed by atoms with Crippen LogP contribution >= 0.6 is 7.67 Å². The number of nitriles is 1. The fourth-order valence-electron chi connectivity index (χ4n) is 0.890. The van der Waals surface area contributed by atoms with E-state index in [0.717, 1.165) is 6.07 Å². The van der Waals surface area contributed by atoms with Crippen LogP contribution in [-0.4, -0.2) is 5.11 Å². The summed E-state index contributed by atoms with van der Waals surface area (Å²) in [6.45, 7) is 0. The second-order valence-electron chi connectivity index (χ2n) is 2.55. The Morgan fingerprint density at radius 3 is 2.79 bits per heavy atom. The number of benzene rings is 1. The minimum absolute atomic E-state index is 0.00604. The van der Waals surface area contributed by atoms with Gasteiger partial charge in [0.05, 0.1) is 11.3 Å². The molecule has 0 saturated carbocycles. The van der Waals surface area contributed by atoms with Crippen molar-refractivity contribution >= 4 is 13.4 Å². The maximum absolute atomic E-state index is 10.7. The molecule has 0 amide bonds. The molecule has 0 bridgehead atoms. The average molecular weight is 212 g/mol. The molecule has 1 aromatic rings. The second-order valence-corrected chi connectivity index (χ2v) is 3.97. The lowest BCUT2D eigenvalue weighted by Crippen LogP contribution is -2.17. The molecule has 74 valence electrons. The summed E-state index contributed by atoms with van der Waals surface area (Å²) in [5.74, 6) is -0.121. The molecular formula is C7H7N3O3P-. The number of nitrogens with zero attached hydrogens (tertiary/aromatic N) is 1. The number of phenols is 1. The third-order valence-electron chi connectivity index (χ3n) is 1.40. The number of rotatable bonds is 2. The third kappa shape index (κ3) is 2.75. The number of hydrogen-bond acceptors (Lipinski definition) is 4. The predicted octanol–water partition coefficient (Wildman–Crippen LogP) is 0.103. The molecular weight excluding hydrogens is 205 g/mol. The Hall–Kier alpha value is -1.54. The summed E-state index contributed by atoms with van der Waals surface area (Å²) >= 11 is 0. The van der Waals surface area contributed by atoms with Crippen LogP contribution < -0.4 is 15.5 Å². The highest BCUT2D eigenvalue weighted by molar-refractivity contribution is 7.55. The summed E-state index contributed by atoms with van der Waals surface area (Å²) in [5, 5.41) is 19.6. The van der Waals surface area contributed by atoms with E-state index in [1.54, 1.807) is 6.07 Å². The Morgan fingerprint density at radius 1 is 1.64 bits per heavy atom. The number of hydrogen-bond donors (Lipinski definition) is 3. The van der Waals surface area contributed by atoms with Crippen LogP contribution in [-0.2, 0) is 4.57 Å². The molecule has 0 heterocycles. The van der Waals surface area contributed by atoms with Gasteiger partial charge in [-0.15, -0.1) is 0 Å². The maximum atomic E-state index is 10.7. The first-order valence-electron chi connectivity index (χ1n) is 3.53. The summed E-state index contributed by atoms with van der Waals surface area (Å²) in [5.41, 5.74) is 4.80. The molecule has 4 N–H and O–H groups in total. The van der Waals surface area contributed by atoms with Crippen LogP contribution in [0.4, 0.5) is 5.69 Å². The Bertz CT molecular complexity index is 434. The molecule has 0 aromatic heterocycles. The van der Waals surface area contributed by atoms with E-state index in [0.29, 0.717) is 0 Å². The Balaban J connectivity index is 3.11. The largest absolute Gasteiger partial charge is 0.772 e. The van der Waals surface area contributed by atoms with Gasteiger partial charge in [-0.1, -0.05) is 0 Å². The second kappa shape index (κ2) is 3.68. The van der Waals surface area contributed by atoms with Gasteiger partial charge in [-0.05, 0) is 18.2 Å². The van der Waals surface area contributed by atoms with Crippen molar-refractivity contribution < 1.29 is 14.6 Å². The standard InChI is InChI=1S/C7H8N3O3P/c8-4-5-3-6(11)1-2-7(5)10-14(9,12)13/h1-3,11H,(H4,9,10,12,13)/p-1. The number of phenolic OH excluding ortho intramolecular Hbond substituents is 1. The first-order chi connectivity index (χ1) is 6.42. The molecule has 14 heavy (non-hydrogen) atoms. The highest BCUT2D eigenvalue weighted by Gasteiger charge is 2.06. The van der Waals surface area contributed by atoms with Gasteiger partial charge in [-0.3, -0.25) is 10.1 Å². The van der Waals surface area contributed by atoms with Gasteiger partial charge in [0.25, 0.3) is 0 Å². The van der Waals surface area contributed by atoms with Crippen molar-refractivity contribution in [1.29, 1.82) is 5.26 Å². The SMILES string of the molecule is N#Cc1cc(O)ccc1NP(N)(=O)[O-]. The molecule has 0 aliphatic rings. The van der Waals surface area contributed by atoms with Crippen molar-refractivity contribution in [3.05, 3.63) is 23.8 Å². The van der Waals surface area contributed by atoms with E-state index in [4.69, 9.17) is 15.9 Å². The van der Waals surface area contributed by atoms with Crippen LogP contribution in [0.3, 0.4) is 0 Å². The van der Waals surface area contributed by atoms with Gasteiger partial charge in [-0.25, -0.2) is 0 Å². The van der Waals surface area contributed by atoms with E-state index in [9.17, 15) is 9.46 Å². The van der Waals surface area contributed by atoms with Gasteiger partial charge < -0.3 is 15.1 Å². The molecule has 0 fully saturated rings. The number of nitrogens with one attached hydrogen (secondary N) is 1. The zero-order valence-electron chi connectivity index (χ0n) is 6.97. The van der Waals surface area contributed by atoms with Crippen LogP contribution in [0.25, 0.3) is 0 Å². The molecule has 1 aromatic carbocycles. The van der Waals surface area contributed by atoms with E-state index in [-0.39, 0.29) is 17.0 Å². The number of aromatic hydroxyl groups is 1. The van der Waals surface area contributed by atoms with Crippen LogP contribution in [0.5, 0.6) is 5.75 Å². The fourth-order valence-corrected chi connectivity index (χ4v) is 1.42. The zero-order chi connectivity index (χ0) is 10.8. The topological polar surface area (TPSA) is 122 Å². The number of nitrogens with two attached hydrogens (primary N) is 1. The summed E-state index contributed by atoms with van der Waals surface area (Å²) < 4.78 is 10.7. The molecule has 0 aliphatic heterocycles. The van der Waals surface area contributed by atoms with Crippen molar-refractivity contribution in [3.8, 4) is 11.8 Å². The van der Waals surface area contributed by atoms with Crippen molar-refractivity contribution in [3.63, 3.8) is 0 Å². The first-order valence-corrected chi connectivity index (χ1v) is 5.23. The molecule has 6 nitrogen and oxygen atoms in total. The van der Waals surface area contributed by atoms with Gasteiger partial charge in [-0.2, -0.15) is 5.26 Å². The van der Waals surface area contributed by atoms with Gasteiger partial charge in [0.1, 0.15) is 11.8 Å². The molecule has 0 spiro atoms. The molecule has 1 rings (SSSR count). The van der Waals surface area contributed by atoms with Gasteiger partial charge in [0.2, 0.25) is 0 Å². The fraction of sp³-hybridized carbons (Fsp3) is 0. The lowest BCUT2D eigenvalue weighted by atomic mass is 10.2. The highest BCUT2D eigenvalue weighted by Crippen LogP contribution is 2.30. The Morgan fingerprint density at radius 2 is 2.29 bits per heavy atom. The lowest BCUT2D eigenvalue weighted by molar-refractivity contribution is -0.173. The van der Waals surface area contributed by atoms with Crippen molar-refractivity contribution in [2.45, 2.75) is 0 Å². The van der Waals surface area contributed by atoms with E-state index >= 15 is 0 Å². The number of anilines is 1. The quantitative estimate of drug-likeness (QED) is 0.472. The molecule has 0 saturated heterocycles. The van der Waals surface area contributed by atoms with E-state index in [1.165, 1.54) is 12.1 Å². The molecule has 7 heteroatoms. The minimum atomic E-state index is -4.18. The molecule has 0 aliphatic carbocycles. The van der Waals surface area contributed by atoms with E-state index in [1.807, 2.05) is 5.09 Å². The smallest absolute Gasteiger partial charge is 0.165 e. The third-order valence-corrected chi connectivity index (χ3v) is 1.95. The monoisotopic (exact) mass is 212 g/mol. The summed E-state index contributed by atoms with van der Waals surface area (Å²) in [4.78, 5) is 10.7. The van der Waals surface area contributed by atoms with Gasteiger partial charge in [0.15, 0.2) is 7.67 Å². The van der Waals surface area contributed by atoms with Crippen molar-refractivity contribution in [2.24, 2.45) is 5.50 Å². The Kier molecular flexibility index (Phi) is 2.77. The predicted molar refractivity (Wildman–Crippen MR) is 48.2 cm³/mol. The zero-order valence-corrected chi connectivity index (χ0v) is 7.86. The van der Waals surface area contributed by atoms with Crippen LogP contribution in [0, 0.1) is 11.3 Å². The molecule has 0 radical (unpaired) electrons. The van der Waals surface area contributed by atoms with Crippen molar-refractivity contribution in [2.75, 3.05) is 5.09 Å². The molecule has 1 atom stereocenters. The van der Waals surface area contributed by atoms with Crippen LogP contribution in [0.15, 0.2) is 18.2 Å². The summed E-state index contributed by atoms with van der Waals surface area (Å²) in [7, 11) is -4.18. The van der Waals surface area contributed by atoms with Crippen LogP contribution in [0.1, 0.15) is 5.56 Å². The minimum Gasteiger partial charge on any atom is -0.772 e. The Labute approximate surface area is 80.2 Å². The van der Waals surface area contributed by atoms with Gasteiger partial charge >= 0.3 is 0 Å².